The van der Waals surface area contributed by atoms with Crippen molar-refractivity contribution >= 4 is 5.91 Å². The molecule has 24 heavy (non-hydrogen) atoms. The van der Waals surface area contributed by atoms with Crippen molar-refractivity contribution in [3.8, 4) is 5.88 Å². The smallest absolute Gasteiger partial charge is 0.220 e. The molecule has 1 N–H and O–H groups in total. The van der Waals surface area contributed by atoms with Gasteiger partial charge >= 0.3 is 0 Å². The molecule has 0 radical (unpaired) electrons. The average Bonchev–Trinajstić information content (AvgIpc) is 3.11. The van der Waals surface area contributed by atoms with Crippen molar-refractivity contribution in [3.05, 3.63) is 43.1 Å². The minimum Gasteiger partial charge on any atom is -0.470 e. The molecule has 1 amide bonds. The quantitative estimate of drug-likeness (QED) is 0.830. The summed E-state index contributed by atoms with van der Waals surface area (Å²) in [6.45, 7) is 1.87. The fourth-order valence-electron chi connectivity index (χ4n) is 2.69. The van der Waals surface area contributed by atoms with E-state index in [9.17, 15) is 4.79 Å². The molecule has 1 aliphatic heterocycles. The Morgan fingerprint density at radius 1 is 1.42 bits per heavy atom. The highest BCUT2D eigenvalue weighted by Gasteiger charge is 2.29. The highest BCUT2D eigenvalue weighted by atomic mass is 16.5. The van der Waals surface area contributed by atoms with Crippen LogP contribution in [0.3, 0.4) is 0 Å². The molecule has 7 nitrogen and oxygen atoms in total. The second-order valence-corrected chi connectivity index (χ2v) is 5.77. The molecule has 3 heterocycles. The van der Waals surface area contributed by atoms with Crippen LogP contribution in [0.4, 0.5) is 0 Å². The lowest BCUT2D eigenvalue weighted by atomic mass is 10.1. The van der Waals surface area contributed by atoms with Crippen LogP contribution >= 0.6 is 0 Å². The van der Waals surface area contributed by atoms with Gasteiger partial charge in [0.05, 0.1) is 19.0 Å². The number of hydrogen-bond donors (Lipinski definition) is 1. The number of amides is 1. The molecule has 0 aliphatic carbocycles. The molecule has 2 atom stereocenters. The third kappa shape index (κ3) is 4.79. The SMILES string of the molecule is O=C(CCCn1ccnc1)N[C@@H]1CCOC[C@H]1Oc1ccccn1. The Labute approximate surface area is 141 Å². The van der Waals surface area contributed by atoms with Gasteiger partial charge in [0.2, 0.25) is 11.8 Å². The van der Waals surface area contributed by atoms with E-state index in [-0.39, 0.29) is 18.1 Å². The number of rotatable bonds is 7. The van der Waals surface area contributed by atoms with E-state index in [0.29, 0.717) is 25.5 Å². The van der Waals surface area contributed by atoms with Gasteiger partial charge in [-0.05, 0) is 18.9 Å². The second kappa shape index (κ2) is 8.44. The summed E-state index contributed by atoms with van der Waals surface area (Å²) in [7, 11) is 0. The van der Waals surface area contributed by atoms with Gasteiger partial charge in [-0.15, -0.1) is 0 Å². The highest BCUT2D eigenvalue weighted by molar-refractivity contribution is 5.76. The van der Waals surface area contributed by atoms with E-state index in [4.69, 9.17) is 9.47 Å². The number of ether oxygens (including phenoxy) is 2. The van der Waals surface area contributed by atoms with Crippen LogP contribution in [0, 0.1) is 0 Å². The van der Waals surface area contributed by atoms with Crippen molar-refractivity contribution in [1.29, 1.82) is 0 Å². The summed E-state index contributed by atoms with van der Waals surface area (Å²) < 4.78 is 13.3. The first-order chi connectivity index (χ1) is 11.8. The topological polar surface area (TPSA) is 78.3 Å². The molecular weight excluding hydrogens is 308 g/mol. The van der Waals surface area contributed by atoms with Gasteiger partial charge in [-0.2, -0.15) is 0 Å². The molecule has 2 aromatic heterocycles. The van der Waals surface area contributed by atoms with Gasteiger partial charge in [-0.1, -0.05) is 6.07 Å². The molecule has 0 bridgehead atoms. The van der Waals surface area contributed by atoms with Crippen molar-refractivity contribution in [2.24, 2.45) is 0 Å². The summed E-state index contributed by atoms with van der Waals surface area (Å²) in [6, 6.07) is 5.46. The molecule has 1 fully saturated rings. The van der Waals surface area contributed by atoms with Gasteiger partial charge < -0.3 is 19.4 Å². The zero-order chi connectivity index (χ0) is 16.6. The molecule has 1 aliphatic rings. The number of imidazole rings is 1. The van der Waals surface area contributed by atoms with Crippen molar-refractivity contribution in [2.75, 3.05) is 13.2 Å². The number of aryl methyl sites for hydroxylation is 1. The number of aromatic nitrogens is 3. The normalized spacial score (nSPS) is 20.5. The molecule has 0 saturated carbocycles. The standard InChI is InChI=1S/C17H22N4O3/c22-16(4-3-9-21-10-8-18-13-21)20-14-6-11-23-12-15(14)24-17-5-1-2-7-19-17/h1-2,5,7-8,10,13-15H,3-4,6,9,11-12H2,(H,20,22)/t14-,15-/m1/s1. The van der Waals surface area contributed by atoms with E-state index in [1.54, 1.807) is 24.8 Å². The van der Waals surface area contributed by atoms with Gasteiger partial charge in [-0.3, -0.25) is 4.79 Å². The van der Waals surface area contributed by atoms with E-state index in [1.165, 1.54) is 0 Å². The van der Waals surface area contributed by atoms with Gasteiger partial charge in [0.25, 0.3) is 0 Å². The first kappa shape index (κ1) is 16.4. The van der Waals surface area contributed by atoms with Gasteiger partial charge in [0.1, 0.15) is 6.10 Å². The number of pyridine rings is 1. The minimum atomic E-state index is -0.216. The zero-order valence-corrected chi connectivity index (χ0v) is 13.5. The molecule has 0 aromatic carbocycles. The lowest BCUT2D eigenvalue weighted by Gasteiger charge is -2.32. The Kier molecular flexibility index (Phi) is 5.79. The highest BCUT2D eigenvalue weighted by Crippen LogP contribution is 2.15. The molecule has 2 aromatic rings. The van der Waals surface area contributed by atoms with E-state index >= 15 is 0 Å². The molecule has 1 saturated heterocycles. The number of hydrogen-bond acceptors (Lipinski definition) is 5. The lowest BCUT2D eigenvalue weighted by molar-refractivity contribution is -0.124. The zero-order valence-electron chi connectivity index (χ0n) is 13.5. The summed E-state index contributed by atoms with van der Waals surface area (Å²) in [6.07, 6.45) is 8.85. The van der Waals surface area contributed by atoms with Crippen molar-refractivity contribution in [2.45, 2.75) is 38.0 Å². The lowest BCUT2D eigenvalue weighted by Crippen LogP contribution is -2.51. The van der Waals surface area contributed by atoms with Gasteiger partial charge in [-0.25, -0.2) is 9.97 Å². The fourth-order valence-corrected chi connectivity index (χ4v) is 2.69. The van der Waals surface area contributed by atoms with E-state index < -0.39 is 0 Å². The predicted molar refractivity (Wildman–Crippen MR) is 87.5 cm³/mol. The first-order valence-corrected chi connectivity index (χ1v) is 8.22. The van der Waals surface area contributed by atoms with E-state index in [2.05, 4.69) is 15.3 Å². The third-order valence-electron chi connectivity index (χ3n) is 3.94. The summed E-state index contributed by atoms with van der Waals surface area (Å²) in [5.74, 6) is 0.587. The molecule has 7 heteroatoms. The number of nitrogens with one attached hydrogen (secondary N) is 1. The van der Waals surface area contributed by atoms with Crippen LogP contribution in [0.15, 0.2) is 43.1 Å². The van der Waals surface area contributed by atoms with Crippen LogP contribution in [-0.2, 0) is 16.1 Å². The fraction of sp³-hybridized carbons (Fsp3) is 0.471. The van der Waals surface area contributed by atoms with E-state index in [0.717, 1.165) is 19.4 Å². The molecule has 0 spiro atoms. The minimum absolute atomic E-state index is 0.0386. The summed E-state index contributed by atoms with van der Waals surface area (Å²) in [5.41, 5.74) is 0. The van der Waals surface area contributed by atoms with Crippen molar-refractivity contribution in [1.82, 2.24) is 19.9 Å². The summed E-state index contributed by atoms with van der Waals surface area (Å²) in [4.78, 5) is 20.3. The van der Waals surface area contributed by atoms with Crippen LogP contribution in [0.1, 0.15) is 19.3 Å². The summed E-state index contributed by atoms with van der Waals surface area (Å²) in [5, 5.41) is 3.07. The maximum absolute atomic E-state index is 12.2. The Morgan fingerprint density at radius 3 is 3.17 bits per heavy atom. The third-order valence-corrected chi connectivity index (χ3v) is 3.94. The van der Waals surface area contributed by atoms with Gasteiger partial charge in [0, 0.05) is 44.2 Å². The first-order valence-electron chi connectivity index (χ1n) is 8.22. The number of carbonyl (C=O) groups is 1. The molecule has 128 valence electrons. The van der Waals surface area contributed by atoms with Crippen molar-refractivity contribution in [3.63, 3.8) is 0 Å². The van der Waals surface area contributed by atoms with Gasteiger partial charge in [0.15, 0.2) is 0 Å². The van der Waals surface area contributed by atoms with Crippen LogP contribution in [0.25, 0.3) is 0 Å². The Morgan fingerprint density at radius 2 is 2.38 bits per heavy atom. The van der Waals surface area contributed by atoms with E-state index in [1.807, 2.05) is 22.9 Å². The maximum Gasteiger partial charge on any atom is 0.220 e. The Balaban J connectivity index is 1.47. The Bertz CT molecular complexity index is 618. The monoisotopic (exact) mass is 330 g/mol. The molecule has 0 unspecified atom stereocenters. The van der Waals surface area contributed by atoms with Crippen LogP contribution in [-0.4, -0.2) is 45.8 Å². The van der Waals surface area contributed by atoms with Crippen LogP contribution in [0.5, 0.6) is 5.88 Å². The largest absolute Gasteiger partial charge is 0.470 e. The van der Waals surface area contributed by atoms with Crippen LogP contribution in [0.2, 0.25) is 0 Å². The summed E-state index contributed by atoms with van der Waals surface area (Å²) >= 11 is 0. The average molecular weight is 330 g/mol. The maximum atomic E-state index is 12.2. The van der Waals surface area contributed by atoms with Crippen LogP contribution < -0.4 is 10.1 Å². The number of nitrogens with zero attached hydrogens (tertiary/aromatic N) is 3. The molecular formula is C17H22N4O3. The predicted octanol–water partition coefficient (Wildman–Crippen LogP) is 1.41. The Hall–Kier alpha value is -2.41. The molecule has 3 rings (SSSR count). The van der Waals surface area contributed by atoms with Crippen molar-refractivity contribution < 1.29 is 14.3 Å². The number of carbonyl (C=O) groups excluding carboxylic acids is 1. The second-order valence-electron chi connectivity index (χ2n) is 5.77.